The second-order valence-electron chi connectivity index (χ2n) is 13.4. The lowest BCUT2D eigenvalue weighted by Gasteiger charge is -2.40. The molecule has 3 aromatic carbocycles. The lowest BCUT2D eigenvalue weighted by Crippen LogP contribution is -2.52. The van der Waals surface area contributed by atoms with Gasteiger partial charge in [-0.2, -0.15) is 9.97 Å². The molecule has 0 radical (unpaired) electrons. The van der Waals surface area contributed by atoms with Crippen molar-refractivity contribution in [3.63, 3.8) is 0 Å². The van der Waals surface area contributed by atoms with Crippen molar-refractivity contribution < 1.29 is 18.6 Å². The molecule has 4 saturated heterocycles. The molecule has 2 bridgehead atoms. The molecule has 4 aliphatic heterocycles. The number of phenols is 1. The quantitative estimate of drug-likeness (QED) is 0.269. The second-order valence-corrected chi connectivity index (χ2v) is 13.8. The van der Waals surface area contributed by atoms with Crippen LogP contribution in [0.3, 0.4) is 0 Å². The highest BCUT2D eigenvalue weighted by Gasteiger charge is 2.48. The number of ether oxygens (including phenoxy) is 1. The summed E-state index contributed by atoms with van der Waals surface area (Å²) in [5.41, 5.74) is -0.181. The van der Waals surface area contributed by atoms with Gasteiger partial charge in [0.1, 0.15) is 29.5 Å². The van der Waals surface area contributed by atoms with E-state index in [9.17, 15) is 5.11 Å². The summed E-state index contributed by atoms with van der Waals surface area (Å²) in [4.78, 5) is 16.5. The number of likely N-dealkylation sites (N-methyl/N-ethyl adjacent to an activating group) is 1. The maximum Gasteiger partial charge on any atom is 0.319 e. The van der Waals surface area contributed by atoms with E-state index in [0.29, 0.717) is 64.7 Å². The summed E-state index contributed by atoms with van der Waals surface area (Å²) in [5.74, 6) is -0.621. The summed E-state index contributed by atoms with van der Waals surface area (Å²) < 4.78 is 39.4. The first kappa shape index (κ1) is 28.2. The summed E-state index contributed by atoms with van der Waals surface area (Å²) in [5, 5.41) is 12.2. The summed E-state index contributed by atoms with van der Waals surface area (Å²) in [6.07, 6.45) is 5.39. The van der Waals surface area contributed by atoms with E-state index in [4.69, 9.17) is 21.3 Å². The van der Waals surface area contributed by atoms with Crippen LogP contribution in [0, 0.1) is 17.6 Å². The van der Waals surface area contributed by atoms with Gasteiger partial charge in [0.25, 0.3) is 0 Å². The van der Waals surface area contributed by atoms with Crippen LogP contribution in [0.15, 0.2) is 36.4 Å². The van der Waals surface area contributed by atoms with Crippen LogP contribution in [0.4, 0.5) is 14.6 Å². The first-order chi connectivity index (χ1) is 21.2. The Morgan fingerprint density at radius 1 is 1.09 bits per heavy atom. The van der Waals surface area contributed by atoms with Crippen molar-refractivity contribution in [2.45, 2.75) is 56.7 Å². The van der Waals surface area contributed by atoms with Gasteiger partial charge >= 0.3 is 6.01 Å². The zero-order chi connectivity index (χ0) is 30.3. The average molecular weight is 620 g/mol. The molecule has 10 heteroatoms. The first-order valence-corrected chi connectivity index (χ1v) is 16.0. The normalized spacial score (nSPS) is 27.1. The Bertz CT molecular complexity index is 1790. The lowest BCUT2D eigenvalue weighted by molar-refractivity contribution is 0.107. The van der Waals surface area contributed by atoms with E-state index in [0.717, 1.165) is 45.2 Å². The third-order valence-electron chi connectivity index (χ3n) is 10.6. The number of halogens is 3. The van der Waals surface area contributed by atoms with Crippen molar-refractivity contribution in [3.05, 3.63) is 53.1 Å². The van der Waals surface area contributed by atoms with E-state index in [1.54, 1.807) is 18.2 Å². The van der Waals surface area contributed by atoms with Crippen molar-refractivity contribution in [2.24, 2.45) is 5.92 Å². The van der Waals surface area contributed by atoms with Gasteiger partial charge in [0.2, 0.25) is 0 Å². The number of rotatable bonds is 5. The predicted octanol–water partition coefficient (Wildman–Crippen LogP) is 6.62. The third-order valence-corrected chi connectivity index (χ3v) is 11.0. The fraction of sp³-hybridized carbons (Fsp3) is 0.471. The molecule has 44 heavy (non-hydrogen) atoms. The van der Waals surface area contributed by atoms with Crippen LogP contribution in [0.2, 0.25) is 5.02 Å². The molecule has 0 saturated carbocycles. The molecule has 230 valence electrons. The number of aromatic hydroxyl groups is 1. The van der Waals surface area contributed by atoms with Crippen molar-refractivity contribution in [3.8, 4) is 22.9 Å². The predicted molar refractivity (Wildman–Crippen MR) is 169 cm³/mol. The highest BCUT2D eigenvalue weighted by Crippen LogP contribution is 2.44. The highest BCUT2D eigenvalue weighted by molar-refractivity contribution is 6.36. The van der Waals surface area contributed by atoms with Crippen LogP contribution < -0.4 is 9.64 Å². The number of hydrogen-bond donors (Lipinski definition) is 1. The summed E-state index contributed by atoms with van der Waals surface area (Å²) >= 11 is 6.55. The average Bonchev–Trinajstić information content (AvgIpc) is 3.56. The van der Waals surface area contributed by atoms with Crippen LogP contribution in [0.1, 0.15) is 39.0 Å². The van der Waals surface area contributed by atoms with Gasteiger partial charge < -0.3 is 14.7 Å². The van der Waals surface area contributed by atoms with Gasteiger partial charge in [0, 0.05) is 53.1 Å². The maximum atomic E-state index is 16.8. The number of nitrogens with zero attached hydrogens (tertiary/aromatic N) is 5. The molecule has 8 rings (SSSR count). The van der Waals surface area contributed by atoms with E-state index < -0.39 is 11.6 Å². The SMILES string of the molecule is C[C@H]1CN2CCC[C@@]2(COc2nc(N3CC4CCC(C3)N4C)c3cc(F)c(-c4cc(O)cc5cccc(Cl)c45)c(F)c3n2)C1. The Labute approximate surface area is 260 Å². The molecule has 1 aromatic heterocycles. The highest BCUT2D eigenvalue weighted by atomic mass is 35.5. The molecular weight excluding hydrogens is 584 g/mol. The number of fused-ring (bicyclic) bond motifs is 5. The first-order valence-electron chi connectivity index (χ1n) is 15.7. The van der Waals surface area contributed by atoms with Gasteiger partial charge in [0.15, 0.2) is 5.82 Å². The second kappa shape index (κ2) is 10.4. The van der Waals surface area contributed by atoms with Crippen molar-refractivity contribution in [2.75, 3.05) is 44.7 Å². The Morgan fingerprint density at radius 2 is 1.89 bits per heavy atom. The molecule has 0 spiro atoms. The zero-order valence-corrected chi connectivity index (χ0v) is 25.7. The maximum absolute atomic E-state index is 16.8. The minimum Gasteiger partial charge on any atom is -0.508 e. The minimum absolute atomic E-state index is 0.00297. The van der Waals surface area contributed by atoms with Gasteiger partial charge in [-0.05, 0) is 81.3 Å². The molecule has 4 aromatic rings. The van der Waals surface area contributed by atoms with Crippen LogP contribution in [0.25, 0.3) is 32.8 Å². The Balaban J connectivity index is 1.28. The largest absolute Gasteiger partial charge is 0.508 e. The smallest absolute Gasteiger partial charge is 0.319 e. The molecule has 0 amide bonds. The summed E-state index contributed by atoms with van der Waals surface area (Å²) in [6, 6.07) is 10.2. The van der Waals surface area contributed by atoms with E-state index in [1.165, 1.54) is 18.2 Å². The van der Waals surface area contributed by atoms with Gasteiger partial charge in [-0.15, -0.1) is 0 Å². The molecule has 4 aliphatic rings. The number of hydrogen-bond acceptors (Lipinski definition) is 7. The molecule has 5 heterocycles. The van der Waals surface area contributed by atoms with Crippen LogP contribution in [0.5, 0.6) is 11.8 Å². The van der Waals surface area contributed by atoms with Gasteiger partial charge in [-0.1, -0.05) is 30.7 Å². The molecule has 2 unspecified atom stereocenters. The van der Waals surface area contributed by atoms with Crippen LogP contribution in [-0.4, -0.2) is 82.3 Å². The number of piperazine rings is 1. The Hall–Kier alpha value is -3.27. The van der Waals surface area contributed by atoms with Crippen molar-refractivity contribution in [1.82, 2.24) is 19.8 Å². The summed E-state index contributed by atoms with van der Waals surface area (Å²) in [7, 11) is 2.15. The number of anilines is 1. The third kappa shape index (κ3) is 4.42. The molecular formula is C34H36ClF2N5O2. The lowest BCUT2D eigenvalue weighted by atomic mass is 9.92. The minimum atomic E-state index is -0.826. The van der Waals surface area contributed by atoms with E-state index >= 15 is 8.78 Å². The zero-order valence-electron chi connectivity index (χ0n) is 25.0. The standard InChI is InChI=1S/C34H36ClF2N5O2/c1-19-14-34(9-4-10-42(34)15-19)18-44-33-38-31-25(32(39-33)41-16-21-7-8-22(17-41)40(21)2)13-27(36)29(30(31)37)24-12-23(43)11-20-5-3-6-26(35)28(20)24/h3,5-6,11-13,19,21-22,43H,4,7-10,14-18H2,1-2H3/t19-,21?,22?,34+/m1/s1. The van der Waals surface area contributed by atoms with Crippen molar-refractivity contribution >= 4 is 39.1 Å². The van der Waals surface area contributed by atoms with Crippen molar-refractivity contribution in [1.29, 1.82) is 0 Å². The number of benzene rings is 3. The number of phenolic OH excluding ortho intramolecular Hbond substituents is 1. The molecule has 7 nitrogen and oxygen atoms in total. The fourth-order valence-corrected chi connectivity index (χ4v) is 8.87. The van der Waals surface area contributed by atoms with Crippen LogP contribution >= 0.6 is 11.6 Å². The van der Waals surface area contributed by atoms with E-state index in [2.05, 4.69) is 33.7 Å². The molecule has 0 aliphatic carbocycles. The molecule has 1 N–H and O–H groups in total. The van der Waals surface area contributed by atoms with E-state index in [1.807, 2.05) is 0 Å². The fourth-order valence-electron chi connectivity index (χ4n) is 8.58. The van der Waals surface area contributed by atoms with E-state index in [-0.39, 0.29) is 33.9 Å². The topological polar surface area (TPSA) is 65.0 Å². The Morgan fingerprint density at radius 3 is 2.68 bits per heavy atom. The van der Waals surface area contributed by atoms with Gasteiger partial charge in [-0.25, -0.2) is 8.78 Å². The number of aromatic nitrogens is 2. The van der Waals surface area contributed by atoms with Gasteiger partial charge in [-0.3, -0.25) is 9.80 Å². The van der Waals surface area contributed by atoms with Gasteiger partial charge in [0.05, 0.1) is 11.1 Å². The Kier molecular flexibility index (Phi) is 6.66. The molecule has 4 atom stereocenters. The van der Waals surface area contributed by atoms with Crippen LogP contribution in [-0.2, 0) is 0 Å². The monoisotopic (exact) mass is 619 g/mol. The summed E-state index contributed by atoms with van der Waals surface area (Å²) in [6.45, 7) is 6.24. The molecule has 4 fully saturated rings.